The highest BCUT2D eigenvalue weighted by molar-refractivity contribution is 6.88. The molecule has 0 aromatic heterocycles. The monoisotopic (exact) mass is 277 g/mol. The number of morpholine rings is 1. The Hall–Kier alpha value is -0.643. The molecule has 1 aromatic rings. The fourth-order valence-electron chi connectivity index (χ4n) is 2.51. The first kappa shape index (κ1) is 14.8. The minimum Gasteiger partial charge on any atom is -0.378 e. The second kappa shape index (κ2) is 5.39. The van der Waals surface area contributed by atoms with Crippen LogP contribution in [-0.4, -0.2) is 38.3 Å². The molecule has 1 aliphatic rings. The van der Waals surface area contributed by atoms with Gasteiger partial charge >= 0.3 is 0 Å². The van der Waals surface area contributed by atoms with E-state index in [1.165, 1.54) is 10.8 Å². The van der Waals surface area contributed by atoms with Crippen molar-refractivity contribution in [3.05, 3.63) is 29.8 Å². The molecule has 1 fully saturated rings. The van der Waals surface area contributed by atoms with Crippen LogP contribution in [0.5, 0.6) is 0 Å². The van der Waals surface area contributed by atoms with E-state index in [1.807, 2.05) is 0 Å². The van der Waals surface area contributed by atoms with Gasteiger partial charge in [-0.3, -0.25) is 4.90 Å². The Morgan fingerprint density at radius 2 is 1.79 bits per heavy atom. The summed E-state index contributed by atoms with van der Waals surface area (Å²) in [6.07, 6.45) is 0. The molecule has 0 N–H and O–H groups in total. The molecule has 0 aliphatic carbocycles. The molecule has 1 aliphatic heterocycles. The first-order valence-corrected chi connectivity index (χ1v) is 10.7. The Morgan fingerprint density at radius 3 is 2.32 bits per heavy atom. The first-order valence-electron chi connectivity index (χ1n) is 7.21. The van der Waals surface area contributed by atoms with E-state index in [2.05, 4.69) is 62.7 Å². The minimum absolute atomic E-state index is 0.149. The Bertz CT molecular complexity index is 419. The Kier molecular flexibility index (Phi) is 4.19. The summed E-state index contributed by atoms with van der Waals surface area (Å²) < 4.78 is 5.58. The zero-order valence-electron chi connectivity index (χ0n) is 13.0. The molecule has 0 amide bonds. The number of rotatable bonds is 3. The van der Waals surface area contributed by atoms with Crippen LogP contribution in [0.25, 0.3) is 0 Å². The van der Waals surface area contributed by atoms with Gasteiger partial charge in [0, 0.05) is 18.6 Å². The number of ether oxygens (including phenoxy) is 1. The normalized spacial score (nSPS) is 20.5. The molecule has 2 rings (SSSR count). The molecule has 1 aromatic carbocycles. The lowest BCUT2D eigenvalue weighted by Crippen LogP contribution is -2.52. The fraction of sp³-hybridized carbons (Fsp3) is 0.625. The largest absolute Gasteiger partial charge is 0.378 e. The van der Waals surface area contributed by atoms with Gasteiger partial charge in [0.15, 0.2) is 0 Å². The standard InChI is InChI=1S/C16H27NOSi/c1-16(2)13-18-11-10-17(16)12-14-6-8-15(9-7-14)19(3,4)5/h6-9H,10-13H2,1-5H3. The van der Waals surface area contributed by atoms with Crippen LogP contribution in [0, 0.1) is 0 Å². The molecular formula is C16H27NOSi. The summed E-state index contributed by atoms with van der Waals surface area (Å²) >= 11 is 0. The van der Waals surface area contributed by atoms with Gasteiger partial charge in [-0.25, -0.2) is 0 Å². The molecule has 1 heterocycles. The van der Waals surface area contributed by atoms with Gasteiger partial charge in [0.2, 0.25) is 0 Å². The van der Waals surface area contributed by atoms with E-state index in [9.17, 15) is 0 Å². The van der Waals surface area contributed by atoms with Crippen LogP contribution in [-0.2, 0) is 11.3 Å². The third-order valence-corrected chi connectivity index (χ3v) is 6.08. The van der Waals surface area contributed by atoms with Crippen molar-refractivity contribution in [1.82, 2.24) is 4.90 Å². The molecule has 0 unspecified atom stereocenters. The molecule has 1 saturated heterocycles. The van der Waals surface area contributed by atoms with E-state index in [0.717, 1.165) is 26.3 Å². The third kappa shape index (κ3) is 3.68. The predicted octanol–water partition coefficient (Wildman–Crippen LogP) is 2.84. The van der Waals surface area contributed by atoms with Gasteiger partial charge < -0.3 is 4.74 Å². The van der Waals surface area contributed by atoms with Crippen LogP contribution >= 0.6 is 0 Å². The molecule has 0 atom stereocenters. The molecule has 2 nitrogen and oxygen atoms in total. The highest BCUT2D eigenvalue weighted by atomic mass is 28.3. The van der Waals surface area contributed by atoms with E-state index in [-0.39, 0.29) is 5.54 Å². The molecule has 0 spiro atoms. The molecule has 3 heteroatoms. The average molecular weight is 277 g/mol. The lowest BCUT2D eigenvalue weighted by molar-refractivity contribution is -0.0552. The van der Waals surface area contributed by atoms with Gasteiger partial charge in [-0.1, -0.05) is 49.1 Å². The quantitative estimate of drug-likeness (QED) is 0.788. The van der Waals surface area contributed by atoms with E-state index in [0.29, 0.717) is 0 Å². The van der Waals surface area contributed by atoms with Crippen LogP contribution < -0.4 is 5.19 Å². The lowest BCUT2D eigenvalue weighted by Gasteiger charge is -2.42. The Balaban J connectivity index is 2.07. The van der Waals surface area contributed by atoms with Crippen LogP contribution in [0.2, 0.25) is 19.6 Å². The van der Waals surface area contributed by atoms with Crippen molar-refractivity contribution >= 4 is 13.3 Å². The lowest BCUT2D eigenvalue weighted by atomic mass is 10.0. The summed E-state index contributed by atoms with van der Waals surface area (Å²) in [5.74, 6) is 0. The van der Waals surface area contributed by atoms with Crippen LogP contribution in [0.4, 0.5) is 0 Å². The van der Waals surface area contributed by atoms with Crippen LogP contribution in [0.15, 0.2) is 24.3 Å². The van der Waals surface area contributed by atoms with Crippen LogP contribution in [0.1, 0.15) is 19.4 Å². The van der Waals surface area contributed by atoms with Crippen molar-refractivity contribution < 1.29 is 4.74 Å². The highest BCUT2D eigenvalue weighted by Crippen LogP contribution is 2.21. The van der Waals surface area contributed by atoms with Gasteiger partial charge in [-0.15, -0.1) is 0 Å². The molecule has 0 radical (unpaired) electrons. The second-order valence-electron chi connectivity index (χ2n) is 7.23. The van der Waals surface area contributed by atoms with Gasteiger partial charge in [0.1, 0.15) is 0 Å². The van der Waals surface area contributed by atoms with Gasteiger partial charge in [-0.05, 0) is 19.4 Å². The summed E-state index contributed by atoms with van der Waals surface area (Å²) in [7, 11) is -1.17. The van der Waals surface area contributed by atoms with Crippen molar-refractivity contribution in [2.45, 2.75) is 45.6 Å². The maximum Gasteiger partial charge on any atom is 0.0775 e. The second-order valence-corrected chi connectivity index (χ2v) is 12.3. The predicted molar refractivity (Wildman–Crippen MR) is 84.7 cm³/mol. The summed E-state index contributed by atoms with van der Waals surface area (Å²) in [6, 6.07) is 9.27. The van der Waals surface area contributed by atoms with Crippen molar-refractivity contribution in [3.63, 3.8) is 0 Å². The summed E-state index contributed by atoms with van der Waals surface area (Å²) in [5.41, 5.74) is 1.56. The smallest absolute Gasteiger partial charge is 0.0775 e. The molecule has 0 bridgehead atoms. The zero-order chi connectivity index (χ0) is 14.1. The molecule has 19 heavy (non-hydrogen) atoms. The van der Waals surface area contributed by atoms with Crippen molar-refractivity contribution in [2.75, 3.05) is 19.8 Å². The highest BCUT2D eigenvalue weighted by Gasteiger charge is 2.30. The number of hydrogen-bond acceptors (Lipinski definition) is 2. The zero-order valence-corrected chi connectivity index (χ0v) is 14.0. The van der Waals surface area contributed by atoms with Gasteiger partial charge in [-0.2, -0.15) is 0 Å². The Morgan fingerprint density at radius 1 is 1.16 bits per heavy atom. The summed E-state index contributed by atoms with van der Waals surface area (Å²) in [5, 5.41) is 1.54. The maximum atomic E-state index is 5.58. The van der Waals surface area contributed by atoms with Gasteiger partial charge in [0.25, 0.3) is 0 Å². The fourth-order valence-corrected chi connectivity index (χ4v) is 3.68. The summed E-state index contributed by atoms with van der Waals surface area (Å²) in [4.78, 5) is 2.53. The topological polar surface area (TPSA) is 12.5 Å². The maximum absolute atomic E-state index is 5.58. The molecule has 0 saturated carbocycles. The van der Waals surface area contributed by atoms with E-state index < -0.39 is 8.07 Å². The summed E-state index contributed by atoms with van der Waals surface area (Å²) in [6.45, 7) is 15.5. The van der Waals surface area contributed by atoms with Crippen molar-refractivity contribution in [2.24, 2.45) is 0 Å². The van der Waals surface area contributed by atoms with Crippen LogP contribution in [0.3, 0.4) is 0 Å². The molecule has 106 valence electrons. The van der Waals surface area contributed by atoms with E-state index in [4.69, 9.17) is 4.74 Å². The van der Waals surface area contributed by atoms with E-state index >= 15 is 0 Å². The number of benzene rings is 1. The van der Waals surface area contributed by atoms with Crippen molar-refractivity contribution in [3.8, 4) is 0 Å². The minimum atomic E-state index is -1.17. The van der Waals surface area contributed by atoms with Crippen molar-refractivity contribution in [1.29, 1.82) is 0 Å². The number of nitrogens with zero attached hydrogens (tertiary/aromatic N) is 1. The Labute approximate surface area is 118 Å². The molecular weight excluding hydrogens is 250 g/mol. The SMILES string of the molecule is CC1(C)COCCN1Cc1ccc([Si](C)(C)C)cc1. The van der Waals surface area contributed by atoms with E-state index in [1.54, 1.807) is 0 Å². The number of hydrogen-bond donors (Lipinski definition) is 0. The van der Waals surface area contributed by atoms with Gasteiger partial charge in [0.05, 0.1) is 21.3 Å². The average Bonchev–Trinajstić information content (AvgIpc) is 2.31. The first-order chi connectivity index (χ1) is 8.79. The third-order valence-electron chi connectivity index (χ3n) is 4.01.